The molecule has 0 fully saturated rings. The molecule has 0 atom stereocenters. The van der Waals surface area contributed by atoms with Crippen LogP contribution in [0.25, 0.3) is 0 Å². The zero-order valence-electron chi connectivity index (χ0n) is 8.37. The molecule has 0 aromatic rings. The second kappa shape index (κ2) is 12.3. The van der Waals surface area contributed by atoms with Gasteiger partial charge in [-0.15, -0.1) is 0 Å². The van der Waals surface area contributed by atoms with E-state index in [0.717, 1.165) is 0 Å². The summed E-state index contributed by atoms with van der Waals surface area (Å²) in [7, 11) is 0. The molecule has 0 aromatic carbocycles. The summed E-state index contributed by atoms with van der Waals surface area (Å²) >= 11 is 6.59. The summed E-state index contributed by atoms with van der Waals surface area (Å²) in [4.78, 5) is 19.1. The Morgan fingerprint density at radius 1 is 1.42 bits per heavy atom. The predicted octanol–water partition coefficient (Wildman–Crippen LogP) is -1.85. The van der Waals surface area contributed by atoms with E-state index >= 15 is 0 Å². The maximum atomic E-state index is 10.0. The summed E-state index contributed by atoms with van der Waals surface area (Å²) in [5.41, 5.74) is 4.34. The molecule has 0 saturated carbocycles. The van der Waals surface area contributed by atoms with E-state index in [4.69, 9.17) is 4.79 Å². The van der Waals surface area contributed by atoms with Crippen LogP contribution in [0, 0.1) is 0 Å². The average molecular weight is 236 g/mol. The molecule has 0 unspecified atom stereocenters. The molecular weight excluding hydrogens is 223 g/mol. The van der Waals surface area contributed by atoms with Crippen LogP contribution < -0.4 is 62.4 Å². The van der Waals surface area contributed by atoms with Crippen LogP contribution in [0.2, 0.25) is 0 Å². The van der Waals surface area contributed by atoms with Crippen molar-refractivity contribution in [3.05, 3.63) is 0 Å². The van der Waals surface area contributed by atoms with Crippen molar-refractivity contribution in [2.45, 2.75) is 19.9 Å². The number of nitrogens with two attached hydrogens (primary N) is 1. The van der Waals surface area contributed by atoms with E-state index in [0.29, 0.717) is 0 Å². The van der Waals surface area contributed by atoms with Crippen LogP contribution in [-0.2, 0) is 0 Å². The third-order valence-corrected chi connectivity index (χ3v) is 0.541. The van der Waals surface area contributed by atoms with E-state index in [1.54, 1.807) is 0 Å². The molecule has 0 aliphatic heterocycles. The van der Waals surface area contributed by atoms with Crippen molar-refractivity contribution in [1.82, 2.24) is 5.32 Å². The minimum absolute atomic E-state index is 0. The third-order valence-electron chi connectivity index (χ3n) is 0.412. The molecule has 0 rings (SSSR count). The van der Waals surface area contributed by atoms with E-state index in [2.05, 4.69) is 36.3 Å². The maximum Gasteiger partial charge on any atom is 1.00 e. The Labute approximate surface area is 127 Å². The number of nitrogens with one attached hydrogen (secondary N) is 1. The first-order valence-electron chi connectivity index (χ1n) is 2.84. The summed E-state index contributed by atoms with van der Waals surface area (Å²) in [6, 6.07) is 0.199. The number of primary amides is 1. The standard InChI is InChI=1S/C4H9NOS.CH3NOS.K.H/c1-3(2)5-4(6)7;2-1(3)4;;/h3H,1-2H3,(H2,5,6,7);(H3,2,3,4);;/q;;+1;-1. The fourth-order valence-corrected chi connectivity index (χ4v) is 0.505. The van der Waals surface area contributed by atoms with Crippen molar-refractivity contribution in [1.29, 1.82) is 0 Å². The zero-order chi connectivity index (χ0) is 9.44. The van der Waals surface area contributed by atoms with Gasteiger partial charge in [0.2, 0.25) is 0 Å². The molecule has 0 aliphatic carbocycles. The van der Waals surface area contributed by atoms with Gasteiger partial charge in [0, 0.05) is 6.04 Å². The second-order valence-electron chi connectivity index (χ2n) is 1.94. The Bertz CT molecular complexity index is 144. The second-order valence-corrected chi connectivity index (χ2v) is 2.79. The van der Waals surface area contributed by atoms with Crippen LogP contribution >= 0.6 is 25.3 Å². The van der Waals surface area contributed by atoms with Gasteiger partial charge in [-0.05, 0) is 13.8 Å². The van der Waals surface area contributed by atoms with Gasteiger partial charge in [0.05, 0.1) is 0 Å². The number of hydrogen-bond donors (Lipinski definition) is 4. The average Bonchev–Trinajstić information content (AvgIpc) is 1.56. The van der Waals surface area contributed by atoms with Crippen LogP contribution in [-0.4, -0.2) is 16.5 Å². The summed E-state index contributed by atoms with van der Waals surface area (Å²) in [6.45, 7) is 3.77. The molecule has 4 nitrogen and oxygen atoms in total. The smallest absolute Gasteiger partial charge is 1.00 e. The molecule has 0 heterocycles. The van der Waals surface area contributed by atoms with Crippen LogP contribution in [0.3, 0.4) is 0 Å². The van der Waals surface area contributed by atoms with Crippen LogP contribution in [0.1, 0.15) is 15.3 Å². The Balaban J connectivity index is -0.0000000600. The first kappa shape index (κ1) is 18.9. The quantitative estimate of drug-likeness (QED) is 0.319. The number of amides is 2. The number of carbonyl (C=O) groups excluding carboxylic acids is 2. The number of thiol groups is 2. The zero-order valence-corrected chi connectivity index (χ0v) is 12.3. The molecule has 0 saturated heterocycles. The van der Waals surface area contributed by atoms with E-state index in [1.165, 1.54) is 0 Å². The van der Waals surface area contributed by atoms with E-state index < -0.39 is 5.24 Å². The van der Waals surface area contributed by atoms with Crippen molar-refractivity contribution in [2.24, 2.45) is 5.73 Å². The fraction of sp³-hybridized carbons (Fsp3) is 0.600. The summed E-state index contributed by atoms with van der Waals surface area (Å²) in [6.07, 6.45) is 0. The third kappa shape index (κ3) is 42.8. The van der Waals surface area contributed by atoms with Crippen LogP contribution in [0.5, 0.6) is 0 Å². The topological polar surface area (TPSA) is 72.2 Å². The Kier molecular flexibility index (Phi) is 19.4. The van der Waals surface area contributed by atoms with E-state index in [9.17, 15) is 4.79 Å². The molecule has 3 N–H and O–H groups in total. The molecule has 0 bridgehead atoms. The number of rotatable bonds is 1. The van der Waals surface area contributed by atoms with Gasteiger partial charge in [-0.3, -0.25) is 9.59 Å². The minimum Gasteiger partial charge on any atom is -1.00 e. The van der Waals surface area contributed by atoms with E-state index in [-0.39, 0.29) is 64.1 Å². The summed E-state index contributed by atoms with van der Waals surface area (Å²) in [5, 5.41) is 1.62. The van der Waals surface area contributed by atoms with Crippen molar-refractivity contribution in [2.75, 3.05) is 0 Å². The molecule has 0 spiro atoms. The predicted molar refractivity (Wildman–Crippen MR) is 52.3 cm³/mol. The molecular formula is C5H13KN2O2S2. The molecule has 0 aromatic heterocycles. The van der Waals surface area contributed by atoms with Gasteiger partial charge in [-0.25, -0.2) is 0 Å². The van der Waals surface area contributed by atoms with Crippen molar-refractivity contribution >= 4 is 35.7 Å². The first-order valence-corrected chi connectivity index (χ1v) is 3.73. The number of hydrogen-bond acceptors (Lipinski definition) is 2. The van der Waals surface area contributed by atoms with Crippen LogP contribution in [0.15, 0.2) is 0 Å². The van der Waals surface area contributed by atoms with Gasteiger partial charge < -0.3 is 12.5 Å². The number of carbonyl (C=O) groups is 2. The van der Waals surface area contributed by atoms with E-state index in [1.807, 2.05) is 13.8 Å². The Morgan fingerprint density at radius 2 is 1.67 bits per heavy atom. The Morgan fingerprint density at radius 3 is 1.67 bits per heavy atom. The fourth-order valence-electron chi connectivity index (χ4n) is 0.247. The summed E-state index contributed by atoms with van der Waals surface area (Å²) < 4.78 is 0. The molecule has 2 amide bonds. The van der Waals surface area contributed by atoms with Gasteiger partial charge in [-0.2, -0.15) is 0 Å². The first-order chi connectivity index (χ1) is 4.86. The largest absolute Gasteiger partial charge is 1.00 e. The monoisotopic (exact) mass is 236 g/mol. The van der Waals surface area contributed by atoms with Crippen molar-refractivity contribution < 1.29 is 62.4 Å². The molecule has 0 aliphatic rings. The van der Waals surface area contributed by atoms with Gasteiger partial charge in [0.1, 0.15) is 0 Å². The van der Waals surface area contributed by atoms with Crippen molar-refractivity contribution in [3.63, 3.8) is 0 Å². The van der Waals surface area contributed by atoms with Gasteiger partial charge in [0.25, 0.3) is 10.5 Å². The molecule has 68 valence electrons. The van der Waals surface area contributed by atoms with Gasteiger partial charge >= 0.3 is 51.4 Å². The molecule has 12 heavy (non-hydrogen) atoms. The minimum atomic E-state index is -0.639. The summed E-state index contributed by atoms with van der Waals surface area (Å²) in [5.74, 6) is 0. The Hall–Kier alpha value is 1.28. The maximum absolute atomic E-state index is 10.0. The van der Waals surface area contributed by atoms with Gasteiger partial charge in [0.15, 0.2) is 0 Å². The van der Waals surface area contributed by atoms with Gasteiger partial charge in [-0.1, -0.05) is 25.3 Å². The molecule has 0 radical (unpaired) electrons. The SMILES string of the molecule is CC(C)NC(=O)S.NC(=O)S.[H-].[K+]. The van der Waals surface area contributed by atoms with Crippen LogP contribution in [0.4, 0.5) is 9.59 Å². The normalized spacial score (nSPS) is 7.42. The van der Waals surface area contributed by atoms with Crippen molar-refractivity contribution in [3.8, 4) is 0 Å². The molecule has 7 heteroatoms.